The number of carbonyl (C=O) groups excluding carboxylic acids is 1. The van der Waals surface area contributed by atoms with Gasteiger partial charge in [0.25, 0.3) is 0 Å². The van der Waals surface area contributed by atoms with Crippen LogP contribution in [0.3, 0.4) is 0 Å². The number of aromatic nitrogens is 3. The first-order valence-corrected chi connectivity index (χ1v) is 7.31. The third-order valence-corrected chi connectivity index (χ3v) is 4.33. The molecule has 0 aliphatic carbocycles. The van der Waals surface area contributed by atoms with E-state index < -0.39 is 0 Å². The topological polar surface area (TPSA) is 63.1 Å². The number of nitrogens with zero attached hydrogens (tertiary/aromatic N) is 4. The third kappa shape index (κ3) is 2.07. The molecular weight excluding hydrogens is 266 g/mol. The highest BCUT2D eigenvalue weighted by molar-refractivity contribution is 5.86. The molecule has 1 N–H and O–H groups in total. The molecule has 21 heavy (non-hydrogen) atoms. The van der Waals surface area contributed by atoms with E-state index in [0.29, 0.717) is 6.54 Å². The first-order valence-electron chi connectivity index (χ1n) is 7.31. The van der Waals surface area contributed by atoms with Gasteiger partial charge < -0.3 is 14.8 Å². The Hall–Kier alpha value is -2.37. The highest BCUT2D eigenvalue weighted by Crippen LogP contribution is 2.33. The number of anilines is 1. The van der Waals surface area contributed by atoms with Gasteiger partial charge in [-0.1, -0.05) is 18.2 Å². The minimum absolute atomic E-state index is 0.0445. The minimum atomic E-state index is -0.0445. The molecule has 0 radical (unpaired) electrons. The average Bonchev–Trinajstić information content (AvgIpc) is 3.01. The van der Waals surface area contributed by atoms with Gasteiger partial charge in [-0.3, -0.25) is 4.79 Å². The number of carbonyl (C=O) groups is 1. The molecule has 0 saturated carbocycles. The highest BCUT2D eigenvalue weighted by atomic mass is 16.2. The van der Waals surface area contributed by atoms with Crippen LogP contribution in [0.4, 0.5) is 5.69 Å². The zero-order chi connectivity index (χ0) is 14.2. The Balaban J connectivity index is 1.59. The van der Waals surface area contributed by atoms with Crippen LogP contribution in [0.2, 0.25) is 0 Å². The summed E-state index contributed by atoms with van der Waals surface area (Å²) in [6.45, 7) is 2.92. The van der Waals surface area contributed by atoms with Crippen molar-refractivity contribution in [3.63, 3.8) is 0 Å². The van der Waals surface area contributed by atoms with Crippen molar-refractivity contribution < 1.29 is 4.79 Å². The molecule has 2 aliphatic heterocycles. The van der Waals surface area contributed by atoms with Crippen molar-refractivity contribution in [3.05, 3.63) is 42.0 Å². The van der Waals surface area contributed by atoms with Gasteiger partial charge in [0.1, 0.15) is 6.33 Å². The summed E-state index contributed by atoms with van der Waals surface area (Å²) in [5.74, 6) is 1.03. The number of amides is 1. The van der Waals surface area contributed by atoms with Gasteiger partial charge in [-0.25, -0.2) is 0 Å². The maximum absolute atomic E-state index is 12.9. The molecule has 6 heteroatoms. The number of hydrogen-bond donors (Lipinski definition) is 1. The van der Waals surface area contributed by atoms with E-state index in [1.54, 1.807) is 6.33 Å². The summed E-state index contributed by atoms with van der Waals surface area (Å²) in [6, 6.07) is 8.10. The monoisotopic (exact) mass is 283 g/mol. The van der Waals surface area contributed by atoms with E-state index in [9.17, 15) is 4.79 Å². The van der Waals surface area contributed by atoms with E-state index in [1.165, 1.54) is 0 Å². The SMILES string of the molecule is O=C(C1CCNc2ccccc21)N1CCn2cnnc2C1. The Morgan fingerprint density at radius 2 is 2.19 bits per heavy atom. The Kier molecular flexibility index (Phi) is 2.87. The number of para-hydroxylation sites is 1. The van der Waals surface area contributed by atoms with E-state index in [4.69, 9.17) is 0 Å². The molecule has 1 aromatic heterocycles. The summed E-state index contributed by atoms with van der Waals surface area (Å²) in [6.07, 6.45) is 2.58. The minimum Gasteiger partial charge on any atom is -0.385 e. The van der Waals surface area contributed by atoms with Crippen LogP contribution in [-0.2, 0) is 17.9 Å². The van der Waals surface area contributed by atoms with E-state index in [1.807, 2.05) is 27.7 Å². The molecular formula is C15H17N5O. The van der Waals surface area contributed by atoms with Gasteiger partial charge in [-0.2, -0.15) is 0 Å². The van der Waals surface area contributed by atoms with E-state index >= 15 is 0 Å². The van der Waals surface area contributed by atoms with Crippen LogP contribution in [0.15, 0.2) is 30.6 Å². The van der Waals surface area contributed by atoms with Gasteiger partial charge in [0.15, 0.2) is 5.82 Å². The summed E-state index contributed by atoms with van der Waals surface area (Å²) < 4.78 is 2.01. The summed E-state index contributed by atoms with van der Waals surface area (Å²) in [5, 5.41) is 11.4. The molecule has 0 saturated heterocycles. The van der Waals surface area contributed by atoms with Crippen molar-refractivity contribution in [2.24, 2.45) is 0 Å². The van der Waals surface area contributed by atoms with Crippen molar-refractivity contribution in [3.8, 4) is 0 Å². The van der Waals surface area contributed by atoms with E-state index in [2.05, 4.69) is 21.6 Å². The van der Waals surface area contributed by atoms with Crippen molar-refractivity contribution >= 4 is 11.6 Å². The molecule has 108 valence electrons. The van der Waals surface area contributed by atoms with Gasteiger partial charge >= 0.3 is 0 Å². The molecule has 0 bridgehead atoms. The Labute approximate surface area is 122 Å². The second kappa shape index (κ2) is 4.87. The molecule has 3 heterocycles. The molecule has 2 aromatic rings. The van der Waals surface area contributed by atoms with Crippen molar-refractivity contribution in [1.82, 2.24) is 19.7 Å². The molecule has 6 nitrogen and oxygen atoms in total. The first kappa shape index (κ1) is 12.4. The molecule has 4 rings (SSSR count). The molecule has 1 unspecified atom stereocenters. The molecule has 0 fully saturated rings. The van der Waals surface area contributed by atoms with Crippen LogP contribution in [-0.4, -0.2) is 38.7 Å². The number of fused-ring (bicyclic) bond motifs is 2. The quantitative estimate of drug-likeness (QED) is 0.855. The predicted octanol–water partition coefficient (Wildman–Crippen LogP) is 1.22. The summed E-state index contributed by atoms with van der Waals surface area (Å²) in [5.41, 5.74) is 2.20. The zero-order valence-corrected chi connectivity index (χ0v) is 11.7. The summed E-state index contributed by atoms with van der Waals surface area (Å²) in [4.78, 5) is 14.8. The summed E-state index contributed by atoms with van der Waals surface area (Å²) in [7, 11) is 0. The fraction of sp³-hybridized carbons (Fsp3) is 0.400. The van der Waals surface area contributed by atoms with Crippen molar-refractivity contribution in [1.29, 1.82) is 0 Å². The first-order chi connectivity index (χ1) is 10.3. The second-order valence-corrected chi connectivity index (χ2v) is 5.56. The predicted molar refractivity (Wildman–Crippen MR) is 77.7 cm³/mol. The zero-order valence-electron chi connectivity index (χ0n) is 11.7. The van der Waals surface area contributed by atoms with Crippen LogP contribution < -0.4 is 5.32 Å². The van der Waals surface area contributed by atoms with E-state index in [-0.39, 0.29) is 11.8 Å². The lowest BCUT2D eigenvalue weighted by atomic mass is 9.89. The Morgan fingerprint density at radius 3 is 3.14 bits per heavy atom. The standard InChI is InChI=1S/C15H17N5O/c21-15(19-7-8-20-10-17-18-14(20)9-19)12-5-6-16-13-4-2-1-3-11(12)13/h1-4,10,12,16H,5-9H2. The number of hydrogen-bond acceptors (Lipinski definition) is 4. The smallest absolute Gasteiger partial charge is 0.230 e. The number of benzene rings is 1. The lowest BCUT2D eigenvalue weighted by molar-refractivity contribution is -0.134. The Morgan fingerprint density at radius 1 is 1.29 bits per heavy atom. The molecule has 1 amide bonds. The average molecular weight is 283 g/mol. The Bertz CT molecular complexity index is 680. The second-order valence-electron chi connectivity index (χ2n) is 5.56. The highest BCUT2D eigenvalue weighted by Gasteiger charge is 2.31. The van der Waals surface area contributed by atoms with Crippen LogP contribution in [0, 0.1) is 0 Å². The summed E-state index contributed by atoms with van der Waals surface area (Å²) >= 11 is 0. The largest absolute Gasteiger partial charge is 0.385 e. The van der Waals surface area contributed by atoms with Crippen molar-refractivity contribution in [2.45, 2.75) is 25.4 Å². The lowest BCUT2D eigenvalue weighted by Gasteiger charge is -2.33. The van der Waals surface area contributed by atoms with E-state index in [0.717, 1.165) is 43.1 Å². The van der Waals surface area contributed by atoms with Crippen LogP contribution in [0.5, 0.6) is 0 Å². The number of rotatable bonds is 1. The van der Waals surface area contributed by atoms with Crippen molar-refractivity contribution in [2.75, 3.05) is 18.4 Å². The van der Waals surface area contributed by atoms with Gasteiger partial charge in [0.05, 0.1) is 12.5 Å². The molecule has 1 aromatic carbocycles. The van der Waals surface area contributed by atoms with Crippen LogP contribution in [0.25, 0.3) is 0 Å². The van der Waals surface area contributed by atoms with Gasteiger partial charge in [-0.05, 0) is 18.1 Å². The van der Waals surface area contributed by atoms with Crippen LogP contribution in [0.1, 0.15) is 23.7 Å². The third-order valence-electron chi connectivity index (χ3n) is 4.33. The van der Waals surface area contributed by atoms with Gasteiger partial charge in [-0.15, -0.1) is 10.2 Å². The molecule has 2 aliphatic rings. The fourth-order valence-electron chi connectivity index (χ4n) is 3.20. The number of nitrogens with one attached hydrogen (secondary N) is 1. The normalized spacial score (nSPS) is 20.4. The van der Waals surface area contributed by atoms with Gasteiger partial charge in [0, 0.05) is 25.3 Å². The maximum atomic E-state index is 12.9. The maximum Gasteiger partial charge on any atom is 0.230 e. The van der Waals surface area contributed by atoms with Crippen LogP contribution >= 0.6 is 0 Å². The lowest BCUT2D eigenvalue weighted by Crippen LogP contribution is -2.42. The fourth-order valence-corrected chi connectivity index (χ4v) is 3.20. The van der Waals surface area contributed by atoms with Gasteiger partial charge in [0.2, 0.25) is 5.91 Å². The molecule has 1 atom stereocenters. The molecule has 0 spiro atoms.